The molecule has 188 valence electrons. The summed E-state index contributed by atoms with van der Waals surface area (Å²) in [5, 5.41) is 23.5. The standard InChI is InChI=1S/C20H30F3N3O3.3ClH/c1-13(2)24-11-16-18(19(28)17(12-27)29-16)26-8-6-25(7-9-26)15-5-3-4-14(10-15)20(21,22)23;;;/h3-5,10,13,16-19,24,27-28H,6-9,11-12H2,1-2H3;3*1H/t16-,17+,18+,19-;;;/m1.../s1. The first-order valence-electron chi connectivity index (χ1n) is 10.0. The van der Waals surface area contributed by atoms with E-state index in [9.17, 15) is 23.4 Å². The molecule has 12 heteroatoms. The molecule has 0 aliphatic carbocycles. The number of benzene rings is 1. The molecular formula is C20H33Cl3F3N3O3. The van der Waals surface area contributed by atoms with E-state index in [2.05, 4.69) is 10.2 Å². The summed E-state index contributed by atoms with van der Waals surface area (Å²) in [6, 6.07) is 5.38. The van der Waals surface area contributed by atoms with Crippen molar-refractivity contribution in [2.45, 2.75) is 50.4 Å². The van der Waals surface area contributed by atoms with Gasteiger partial charge in [0.1, 0.15) is 12.2 Å². The quantitative estimate of drug-likeness (QED) is 0.530. The molecule has 3 rings (SSSR count). The summed E-state index contributed by atoms with van der Waals surface area (Å²) in [5.74, 6) is 0. The van der Waals surface area contributed by atoms with Gasteiger partial charge >= 0.3 is 6.18 Å². The van der Waals surface area contributed by atoms with E-state index in [1.54, 1.807) is 6.07 Å². The van der Waals surface area contributed by atoms with Crippen molar-refractivity contribution in [2.24, 2.45) is 0 Å². The number of nitrogens with one attached hydrogen (secondary N) is 1. The van der Waals surface area contributed by atoms with Gasteiger partial charge in [-0.3, -0.25) is 4.90 Å². The number of rotatable bonds is 6. The van der Waals surface area contributed by atoms with Crippen LogP contribution in [0.2, 0.25) is 0 Å². The summed E-state index contributed by atoms with van der Waals surface area (Å²) in [4.78, 5) is 4.05. The predicted octanol–water partition coefficient (Wildman–Crippen LogP) is 2.58. The van der Waals surface area contributed by atoms with E-state index in [0.717, 1.165) is 6.07 Å². The third-order valence-corrected chi connectivity index (χ3v) is 5.64. The highest BCUT2D eigenvalue weighted by Gasteiger charge is 2.46. The Balaban J connectivity index is 0.00000320. The van der Waals surface area contributed by atoms with Gasteiger partial charge < -0.3 is 25.2 Å². The minimum absolute atomic E-state index is 0. The number of hydrogen-bond acceptors (Lipinski definition) is 6. The van der Waals surface area contributed by atoms with Gasteiger partial charge in [0.05, 0.1) is 24.3 Å². The summed E-state index contributed by atoms with van der Waals surface area (Å²) in [6.07, 6.45) is -6.05. The Kier molecular flexibility index (Phi) is 13.2. The molecule has 32 heavy (non-hydrogen) atoms. The van der Waals surface area contributed by atoms with Crippen molar-refractivity contribution < 1.29 is 28.1 Å². The van der Waals surface area contributed by atoms with Crippen molar-refractivity contribution in [1.82, 2.24) is 10.2 Å². The number of aliphatic hydroxyl groups excluding tert-OH is 2. The summed E-state index contributed by atoms with van der Waals surface area (Å²) in [7, 11) is 0. The van der Waals surface area contributed by atoms with Gasteiger partial charge in [-0.1, -0.05) is 19.9 Å². The van der Waals surface area contributed by atoms with Gasteiger partial charge in [-0.15, -0.1) is 37.2 Å². The molecule has 2 aliphatic rings. The SMILES string of the molecule is CC(C)NC[C@H]1O[C@@H](CO)[C@@H](O)[C@H]1N1CCN(c2cccc(C(F)(F)F)c2)CC1.Cl.Cl.Cl. The van der Waals surface area contributed by atoms with Crippen LogP contribution in [0.3, 0.4) is 0 Å². The van der Waals surface area contributed by atoms with E-state index < -0.39 is 23.9 Å². The van der Waals surface area contributed by atoms with Gasteiger partial charge in [-0.05, 0) is 18.2 Å². The maximum atomic E-state index is 13.0. The van der Waals surface area contributed by atoms with Crippen molar-refractivity contribution in [3.8, 4) is 0 Å². The molecule has 2 fully saturated rings. The van der Waals surface area contributed by atoms with Gasteiger partial charge in [0.25, 0.3) is 0 Å². The minimum atomic E-state index is -4.36. The number of piperazine rings is 1. The maximum Gasteiger partial charge on any atom is 0.416 e. The molecule has 0 amide bonds. The molecule has 0 saturated carbocycles. The first kappa shape index (κ1) is 31.5. The molecule has 2 saturated heterocycles. The highest BCUT2D eigenvalue weighted by atomic mass is 35.5. The van der Waals surface area contributed by atoms with E-state index in [1.165, 1.54) is 12.1 Å². The fraction of sp³-hybridized carbons (Fsp3) is 0.700. The zero-order valence-electron chi connectivity index (χ0n) is 18.0. The van der Waals surface area contributed by atoms with Crippen LogP contribution in [0, 0.1) is 0 Å². The Hall–Kier alpha value is -0.520. The molecular weight excluding hydrogens is 494 g/mol. The van der Waals surface area contributed by atoms with E-state index in [4.69, 9.17) is 4.74 Å². The molecule has 0 aromatic heterocycles. The van der Waals surface area contributed by atoms with Crippen molar-refractivity contribution >= 4 is 42.9 Å². The van der Waals surface area contributed by atoms with Crippen LogP contribution in [0.4, 0.5) is 18.9 Å². The molecule has 6 nitrogen and oxygen atoms in total. The van der Waals surface area contributed by atoms with Crippen LogP contribution < -0.4 is 10.2 Å². The van der Waals surface area contributed by atoms with Crippen molar-refractivity contribution in [3.63, 3.8) is 0 Å². The number of nitrogens with zero attached hydrogens (tertiary/aromatic N) is 2. The first-order valence-corrected chi connectivity index (χ1v) is 10.0. The zero-order valence-corrected chi connectivity index (χ0v) is 20.4. The third-order valence-electron chi connectivity index (χ3n) is 5.64. The largest absolute Gasteiger partial charge is 0.416 e. The fourth-order valence-electron chi connectivity index (χ4n) is 4.11. The number of alkyl halides is 3. The number of halogens is 6. The smallest absolute Gasteiger partial charge is 0.394 e. The molecule has 0 radical (unpaired) electrons. The van der Waals surface area contributed by atoms with Crippen LogP contribution in [0.5, 0.6) is 0 Å². The summed E-state index contributed by atoms with van der Waals surface area (Å²) >= 11 is 0. The molecule has 1 aromatic carbocycles. The van der Waals surface area contributed by atoms with Crippen LogP contribution in [0.15, 0.2) is 24.3 Å². The van der Waals surface area contributed by atoms with Crippen LogP contribution in [0.1, 0.15) is 19.4 Å². The van der Waals surface area contributed by atoms with E-state index >= 15 is 0 Å². The minimum Gasteiger partial charge on any atom is -0.394 e. The lowest BCUT2D eigenvalue weighted by Gasteiger charge is -2.41. The van der Waals surface area contributed by atoms with Crippen molar-refractivity contribution in [2.75, 3.05) is 44.2 Å². The average molecular weight is 527 g/mol. The van der Waals surface area contributed by atoms with Gasteiger partial charge in [0.2, 0.25) is 0 Å². The van der Waals surface area contributed by atoms with Crippen LogP contribution in [-0.2, 0) is 10.9 Å². The molecule has 1 aromatic rings. The van der Waals surface area contributed by atoms with E-state index in [1.807, 2.05) is 18.7 Å². The molecule has 3 N–H and O–H groups in total. The topological polar surface area (TPSA) is 68.2 Å². The number of aliphatic hydroxyl groups is 2. The highest BCUT2D eigenvalue weighted by molar-refractivity contribution is 5.86. The first-order chi connectivity index (χ1) is 13.7. The summed E-state index contributed by atoms with van der Waals surface area (Å²) in [6.45, 7) is 6.66. The van der Waals surface area contributed by atoms with Gasteiger partial charge in [-0.25, -0.2) is 0 Å². The average Bonchev–Trinajstić information content (AvgIpc) is 3.01. The molecule has 4 atom stereocenters. The second-order valence-electron chi connectivity index (χ2n) is 8.01. The molecule has 2 aliphatic heterocycles. The zero-order chi connectivity index (χ0) is 21.2. The lowest BCUT2D eigenvalue weighted by atomic mass is 10.0. The predicted molar refractivity (Wildman–Crippen MR) is 126 cm³/mol. The number of hydrogen-bond donors (Lipinski definition) is 3. The fourth-order valence-corrected chi connectivity index (χ4v) is 4.11. The third kappa shape index (κ3) is 7.50. The Morgan fingerprint density at radius 3 is 2.25 bits per heavy atom. The van der Waals surface area contributed by atoms with Gasteiger partial charge in [0, 0.05) is 44.5 Å². The van der Waals surface area contributed by atoms with Gasteiger partial charge in [0.15, 0.2) is 0 Å². The summed E-state index contributed by atoms with van der Waals surface area (Å²) in [5.41, 5.74) is -0.100. The Morgan fingerprint density at radius 2 is 1.72 bits per heavy atom. The highest BCUT2D eigenvalue weighted by Crippen LogP contribution is 2.32. The molecule has 2 heterocycles. The normalized spacial score (nSPS) is 26.3. The second kappa shape index (κ2) is 13.4. The Labute approximate surface area is 205 Å². The lowest BCUT2D eigenvalue weighted by molar-refractivity contribution is -0.137. The van der Waals surface area contributed by atoms with Crippen LogP contribution >= 0.6 is 37.2 Å². The van der Waals surface area contributed by atoms with Crippen molar-refractivity contribution in [3.05, 3.63) is 29.8 Å². The molecule has 0 spiro atoms. The van der Waals surface area contributed by atoms with Crippen LogP contribution in [0.25, 0.3) is 0 Å². The second-order valence-corrected chi connectivity index (χ2v) is 8.01. The summed E-state index contributed by atoms with van der Waals surface area (Å²) < 4.78 is 44.8. The Bertz CT molecular complexity index is 680. The monoisotopic (exact) mass is 525 g/mol. The number of ether oxygens (including phenoxy) is 1. The van der Waals surface area contributed by atoms with Crippen LogP contribution in [-0.4, -0.2) is 84.8 Å². The molecule has 0 unspecified atom stereocenters. The van der Waals surface area contributed by atoms with E-state index in [0.29, 0.717) is 38.4 Å². The number of anilines is 1. The Morgan fingerprint density at radius 1 is 1.09 bits per heavy atom. The van der Waals surface area contributed by atoms with Crippen molar-refractivity contribution in [1.29, 1.82) is 0 Å². The van der Waals surface area contributed by atoms with Gasteiger partial charge in [-0.2, -0.15) is 13.2 Å². The molecule has 0 bridgehead atoms. The maximum absolute atomic E-state index is 13.0. The van der Waals surface area contributed by atoms with E-state index in [-0.39, 0.29) is 62.0 Å². The lowest BCUT2D eigenvalue weighted by Crippen LogP contribution is -2.57.